The van der Waals surface area contributed by atoms with Gasteiger partial charge in [0.25, 0.3) is 0 Å². The van der Waals surface area contributed by atoms with Gasteiger partial charge in [0.1, 0.15) is 0 Å². The molecule has 8 nitrogen and oxygen atoms in total. The van der Waals surface area contributed by atoms with Crippen LogP contribution in [0.3, 0.4) is 0 Å². The van der Waals surface area contributed by atoms with Gasteiger partial charge in [-0.2, -0.15) is 0 Å². The molecule has 0 aliphatic carbocycles. The second-order valence-corrected chi connectivity index (χ2v) is 10.9. The Bertz CT molecular complexity index is 987. The van der Waals surface area contributed by atoms with Crippen LogP contribution < -0.4 is 9.83 Å². The summed E-state index contributed by atoms with van der Waals surface area (Å²) in [5.74, 6) is -2.90. The van der Waals surface area contributed by atoms with Crippen LogP contribution in [0.5, 0.6) is 5.75 Å². The minimum atomic E-state index is -4.18. The van der Waals surface area contributed by atoms with Gasteiger partial charge < -0.3 is 0 Å². The Hall–Kier alpha value is -2.51. The van der Waals surface area contributed by atoms with E-state index in [1.54, 1.807) is 43.3 Å². The van der Waals surface area contributed by atoms with Crippen molar-refractivity contribution in [2.24, 2.45) is 10.8 Å². The fourth-order valence-electron chi connectivity index (χ4n) is 5.08. The zero-order valence-corrected chi connectivity index (χ0v) is 18.8. The SMILES string of the molecule is CCC(CCO)(CCO)C(C[PH]1(O)Oc2ccccc2-c2ccccc21)(C(=O)O)C(=O)O. The Morgan fingerprint density at radius 3 is 1.97 bits per heavy atom. The fourth-order valence-corrected chi connectivity index (χ4v) is 8.39. The summed E-state index contributed by atoms with van der Waals surface area (Å²) < 4.78 is 6.04. The van der Waals surface area contributed by atoms with Crippen LogP contribution in [-0.2, 0) is 9.59 Å². The average Bonchev–Trinajstić information content (AvgIpc) is 2.77. The van der Waals surface area contributed by atoms with E-state index in [9.17, 15) is 34.9 Å². The number of carbonyl (C=O) groups is 2. The van der Waals surface area contributed by atoms with Crippen molar-refractivity contribution in [3.8, 4) is 16.9 Å². The summed E-state index contributed by atoms with van der Waals surface area (Å²) in [6.07, 6.45) is -0.934. The topological polar surface area (TPSA) is 145 Å². The van der Waals surface area contributed by atoms with E-state index in [1.807, 2.05) is 12.1 Å². The minimum absolute atomic E-state index is 0.0649. The third-order valence-electron chi connectivity index (χ3n) is 6.80. The van der Waals surface area contributed by atoms with Gasteiger partial charge in [0.05, 0.1) is 0 Å². The summed E-state index contributed by atoms with van der Waals surface area (Å²) in [7, 11) is -4.18. The molecule has 0 saturated carbocycles. The molecule has 0 saturated heterocycles. The number of benzene rings is 2. The van der Waals surface area contributed by atoms with Crippen molar-refractivity contribution in [2.45, 2.75) is 26.2 Å². The van der Waals surface area contributed by atoms with E-state index >= 15 is 0 Å². The van der Waals surface area contributed by atoms with Crippen LogP contribution in [0.25, 0.3) is 11.1 Å². The zero-order chi connectivity index (χ0) is 23.6. The van der Waals surface area contributed by atoms with Gasteiger partial charge in [-0.15, -0.1) is 0 Å². The fraction of sp³-hybridized carbons (Fsp3) is 0.391. The van der Waals surface area contributed by atoms with E-state index in [2.05, 4.69) is 0 Å². The molecule has 1 aliphatic rings. The molecule has 3 rings (SSSR count). The molecule has 5 N–H and O–H groups in total. The van der Waals surface area contributed by atoms with E-state index < -0.39 is 49.9 Å². The molecule has 0 radical (unpaired) electrons. The first-order chi connectivity index (χ1) is 15.2. The number of carboxylic acid groups (broad SMARTS) is 2. The first kappa shape index (κ1) is 24.1. The number of hydrogen-bond acceptors (Lipinski definition) is 6. The number of fused-ring (bicyclic) bond motifs is 3. The van der Waals surface area contributed by atoms with E-state index in [-0.39, 0.29) is 19.3 Å². The van der Waals surface area contributed by atoms with E-state index in [4.69, 9.17) is 4.52 Å². The molecule has 2 aromatic rings. The van der Waals surface area contributed by atoms with Gasteiger partial charge in [0, 0.05) is 0 Å². The number of aliphatic carboxylic acids is 2. The van der Waals surface area contributed by atoms with Gasteiger partial charge in [-0.25, -0.2) is 0 Å². The number of aliphatic hydroxyl groups is 2. The van der Waals surface area contributed by atoms with Gasteiger partial charge in [0.15, 0.2) is 0 Å². The van der Waals surface area contributed by atoms with Crippen LogP contribution in [-0.4, -0.2) is 56.6 Å². The molecule has 2 aromatic carbocycles. The van der Waals surface area contributed by atoms with Crippen molar-refractivity contribution in [2.75, 3.05) is 19.4 Å². The van der Waals surface area contributed by atoms with Crippen molar-refractivity contribution < 1.29 is 39.4 Å². The number of carboxylic acids is 2. The van der Waals surface area contributed by atoms with Crippen LogP contribution >= 0.6 is 7.72 Å². The van der Waals surface area contributed by atoms with Crippen LogP contribution in [0, 0.1) is 10.8 Å². The predicted octanol–water partition coefficient (Wildman–Crippen LogP) is 2.26. The second-order valence-electron chi connectivity index (χ2n) is 8.20. The Morgan fingerprint density at radius 1 is 0.906 bits per heavy atom. The standard InChI is InChI=1S/C23H29O8P/c1-2-22(11-13-24,12-14-25)23(20(26)27,21(28)29)15-32(30)19-10-6-4-8-17(19)16-7-3-5-9-18(16)31-32/h3-10,24-25,30,32H,2,11-15H2,1H3,(H,26,27)(H,28,29). The summed E-state index contributed by atoms with van der Waals surface area (Å²) >= 11 is 0. The van der Waals surface area contributed by atoms with Gasteiger partial charge in [0.2, 0.25) is 0 Å². The monoisotopic (exact) mass is 464 g/mol. The van der Waals surface area contributed by atoms with Gasteiger partial charge in [-0.3, -0.25) is 0 Å². The molecule has 1 aliphatic heterocycles. The van der Waals surface area contributed by atoms with Crippen molar-refractivity contribution in [3.05, 3.63) is 48.5 Å². The Balaban J connectivity index is 2.25. The van der Waals surface area contributed by atoms with Crippen LogP contribution in [0.4, 0.5) is 0 Å². The van der Waals surface area contributed by atoms with Gasteiger partial charge in [-0.1, -0.05) is 0 Å². The molecule has 0 aromatic heterocycles. The second kappa shape index (κ2) is 9.16. The molecule has 0 unspecified atom stereocenters. The maximum atomic E-state index is 12.7. The zero-order valence-electron chi connectivity index (χ0n) is 17.8. The third kappa shape index (κ3) is 3.67. The predicted molar refractivity (Wildman–Crippen MR) is 121 cm³/mol. The van der Waals surface area contributed by atoms with Crippen LogP contribution in [0.15, 0.2) is 48.5 Å². The molecule has 0 amide bonds. The van der Waals surface area contributed by atoms with Crippen molar-refractivity contribution in [3.63, 3.8) is 0 Å². The summed E-state index contributed by atoms with van der Waals surface area (Å²) in [6.45, 7) is 0.704. The quantitative estimate of drug-likeness (QED) is 0.266. The van der Waals surface area contributed by atoms with Crippen molar-refractivity contribution in [1.29, 1.82) is 0 Å². The van der Waals surface area contributed by atoms with E-state index in [0.29, 0.717) is 16.6 Å². The molecule has 1 heterocycles. The molecule has 0 spiro atoms. The van der Waals surface area contributed by atoms with Gasteiger partial charge in [-0.05, 0) is 0 Å². The summed E-state index contributed by atoms with van der Waals surface area (Å²) in [4.78, 5) is 37.3. The number of rotatable bonds is 10. The van der Waals surface area contributed by atoms with Crippen molar-refractivity contribution >= 4 is 25.0 Å². The number of para-hydroxylation sites is 1. The Morgan fingerprint density at radius 2 is 1.44 bits per heavy atom. The molecule has 32 heavy (non-hydrogen) atoms. The Kier molecular flexibility index (Phi) is 6.91. The third-order valence-corrected chi connectivity index (χ3v) is 9.65. The summed E-state index contributed by atoms with van der Waals surface area (Å²) in [6, 6.07) is 13.9. The van der Waals surface area contributed by atoms with Crippen LogP contribution in [0.2, 0.25) is 0 Å². The molecule has 0 atom stereocenters. The first-order valence-electron chi connectivity index (χ1n) is 10.5. The molecule has 0 bridgehead atoms. The van der Waals surface area contributed by atoms with E-state index in [0.717, 1.165) is 5.56 Å². The summed E-state index contributed by atoms with van der Waals surface area (Å²) in [5, 5.41) is 40.4. The average molecular weight is 464 g/mol. The summed E-state index contributed by atoms with van der Waals surface area (Å²) in [5.41, 5.74) is -2.61. The first-order valence-corrected chi connectivity index (χ1v) is 12.6. The van der Waals surface area contributed by atoms with E-state index in [1.165, 1.54) is 0 Å². The normalized spacial score (nSPS) is 15.8. The Labute approximate surface area is 186 Å². The number of hydrogen-bond donors (Lipinski definition) is 5. The van der Waals surface area contributed by atoms with Crippen LogP contribution in [0.1, 0.15) is 26.2 Å². The van der Waals surface area contributed by atoms with Crippen molar-refractivity contribution in [1.82, 2.24) is 0 Å². The van der Waals surface area contributed by atoms with Gasteiger partial charge >= 0.3 is 186 Å². The molecular formula is C23H29O8P. The number of aliphatic hydroxyl groups excluding tert-OH is 2. The molecule has 0 fully saturated rings. The molecular weight excluding hydrogens is 435 g/mol. The molecule has 9 heteroatoms. The molecule has 174 valence electrons. The maximum absolute atomic E-state index is 12.7.